The maximum absolute atomic E-state index is 12.1. The molecule has 2 aliphatic heterocycles. The number of hydrogen-bond acceptors (Lipinski definition) is 4. The minimum Gasteiger partial charge on any atom is -0.497 e. The number of ketones is 1. The molecule has 0 bridgehead atoms. The fraction of sp³-hybridized carbons (Fsp3) is 0.417. The van der Waals surface area contributed by atoms with E-state index in [0.29, 0.717) is 12.5 Å². The second-order valence-corrected chi connectivity index (χ2v) is 7.82. The van der Waals surface area contributed by atoms with Gasteiger partial charge >= 0.3 is 0 Å². The topological polar surface area (TPSA) is 41.9 Å². The molecule has 0 N–H and O–H groups in total. The molecule has 1 saturated heterocycles. The van der Waals surface area contributed by atoms with Crippen molar-refractivity contribution >= 4 is 11.5 Å². The van der Waals surface area contributed by atoms with Gasteiger partial charge in [0, 0.05) is 23.4 Å². The molecule has 146 valence electrons. The number of Topliss-reactive ketones (excluding diaryl/α,β-unsaturated/α-hetero) is 1. The van der Waals surface area contributed by atoms with Crippen LogP contribution in [0.25, 0.3) is 0 Å². The van der Waals surface area contributed by atoms with Gasteiger partial charge in [-0.3, -0.25) is 9.79 Å². The van der Waals surface area contributed by atoms with E-state index >= 15 is 0 Å². The summed E-state index contributed by atoms with van der Waals surface area (Å²) in [5, 5.41) is 0. The normalized spacial score (nSPS) is 17.9. The molecule has 4 nitrogen and oxygen atoms in total. The molecule has 4 heteroatoms. The average molecular weight is 377 g/mol. The Morgan fingerprint density at radius 1 is 1.04 bits per heavy atom. The molecule has 0 spiro atoms. The van der Waals surface area contributed by atoms with Crippen LogP contribution in [0.3, 0.4) is 0 Å². The summed E-state index contributed by atoms with van der Waals surface area (Å²) in [6.07, 6.45) is 4.49. The van der Waals surface area contributed by atoms with Gasteiger partial charge in [0.25, 0.3) is 0 Å². The van der Waals surface area contributed by atoms with Crippen molar-refractivity contribution in [1.29, 1.82) is 0 Å². The third-order valence-corrected chi connectivity index (χ3v) is 6.02. The molecule has 2 aromatic carbocycles. The maximum atomic E-state index is 12.1. The van der Waals surface area contributed by atoms with Crippen molar-refractivity contribution in [2.24, 2.45) is 10.9 Å². The Hall–Kier alpha value is -2.46. The van der Waals surface area contributed by atoms with Gasteiger partial charge in [-0.25, -0.2) is 0 Å². The van der Waals surface area contributed by atoms with E-state index in [1.807, 2.05) is 30.3 Å². The van der Waals surface area contributed by atoms with Gasteiger partial charge in [0.15, 0.2) is 5.78 Å². The summed E-state index contributed by atoms with van der Waals surface area (Å²) < 4.78 is 5.23. The van der Waals surface area contributed by atoms with Crippen LogP contribution in [0.2, 0.25) is 0 Å². The summed E-state index contributed by atoms with van der Waals surface area (Å²) in [6, 6.07) is 16.3. The first-order valence-electron chi connectivity index (χ1n) is 10.2. The van der Waals surface area contributed by atoms with Crippen LogP contribution in [0, 0.1) is 5.92 Å². The Labute approximate surface area is 167 Å². The highest BCUT2D eigenvalue weighted by molar-refractivity contribution is 6.15. The number of carbonyl (C=O) groups excluding carboxylic acids is 1. The molecule has 4 rings (SSSR count). The smallest absolute Gasteiger partial charge is 0.184 e. The van der Waals surface area contributed by atoms with Crippen molar-refractivity contribution in [3.8, 4) is 5.75 Å². The van der Waals surface area contributed by atoms with Crippen LogP contribution in [-0.4, -0.2) is 49.7 Å². The van der Waals surface area contributed by atoms with Crippen molar-refractivity contribution < 1.29 is 9.53 Å². The number of methoxy groups -OCH3 is 1. The zero-order valence-corrected chi connectivity index (χ0v) is 16.6. The van der Waals surface area contributed by atoms with Gasteiger partial charge < -0.3 is 9.64 Å². The average Bonchev–Trinajstić information content (AvgIpc) is 2.76. The Morgan fingerprint density at radius 3 is 2.46 bits per heavy atom. The van der Waals surface area contributed by atoms with Crippen molar-refractivity contribution in [2.45, 2.75) is 25.7 Å². The molecule has 0 aromatic heterocycles. The van der Waals surface area contributed by atoms with Crippen molar-refractivity contribution in [2.75, 3.05) is 33.3 Å². The Bertz CT molecular complexity index is 849. The predicted molar refractivity (Wildman–Crippen MR) is 113 cm³/mol. The zero-order chi connectivity index (χ0) is 19.3. The zero-order valence-electron chi connectivity index (χ0n) is 16.6. The molecule has 2 heterocycles. The molecule has 2 aliphatic rings. The summed E-state index contributed by atoms with van der Waals surface area (Å²) in [5.41, 5.74) is 4.40. The Kier molecular flexibility index (Phi) is 5.87. The van der Waals surface area contributed by atoms with Gasteiger partial charge in [0.2, 0.25) is 0 Å². The number of nitrogens with zero attached hydrogens (tertiary/aromatic N) is 2. The molecule has 1 fully saturated rings. The fourth-order valence-electron chi connectivity index (χ4n) is 4.26. The van der Waals surface area contributed by atoms with Gasteiger partial charge in [-0.05, 0) is 62.4 Å². The van der Waals surface area contributed by atoms with Crippen LogP contribution >= 0.6 is 0 Å². The third kappa shape index (κ3) is 4.33. The van der Waals surface area contributed by atoms with E-state index in [9.17, 15) is 4.79 Å². The Morgan fingerprint density at radius 2 is 1.75 bits per heavy atom. The lowest BCUT2D eigenvalue weighted by molar-refractivity contribution is 0.1000. The molecular weight excluding hydrogens is 348 g/mol. The van der Waals surface area contributed by atoms with Gasteiger partial charge in [0.1, 0.15) is 12.3 Å². The van der Waals surface area contributed by atoms with E-state index < -0.39 is 0 Å². The van der Waals surface area contributed by atoms with E-state index in [1.54, 1.807) is 7.11 Å². The van der Waals surface area contributed by atoms with Crippen molar-refractivity contribution in [3.63, 3.8) is 0 Å². The van der Waals surface area contributed by atoms with Crippen LogP contribution in [0.4, 0.5) is 0 Å². The maximum Gasteiger partial charge on any atom is 0.184 e. The molecular formula is C24H28N2O2. The van der Waals surface area contributed by atoms with Crippen LogP contribution in [0.5, 0.6) is 5.75 Å². The number of aliphatic imine (C=N–C) groups is 1. The second kappa shape index (κ2) is 8.70. The summed E-state index contributed by atoms with van der Waals surface area (Å²) in [7, 11) is 1.70. The SMILES string of the molecule is COc1ccc(CCN2CCC(CC3=NCC(=O)c4ccccc43)CC2)cc1. The molecule has 0 unspecified atom stereocenters. The number of carbonyl (C=O) groups is 1. The van der Waals surface area contributed by atoms with Crippen LogP contribution < -0.4 is 4.74 Å². The lowest BCUT2D eigenvalue weighted by atomic mass is 9.86. The third-order valence-electron chi connectivity index (χ3n) is 6.02. The van der Waals surface area contributed by atoms with E-state index in [1.165, 1.54) is 18.4 Å². The molecule has 28 heavy (non-hydrogen) atoms. The first kappa shape index (κ1) is 18.9. The number of hydrogen-bond donors (Lipinski definition) is 0. The van der Waals surface area contributed by atoms with Gasteiger partial charge in [0.05, 0.1) is 7.11 Å². The van der Waals surface area contributed by atoms with Gasteiger partial charge in [-0.2, -0.15) is 0 Å². The summed E-state index contributed by atoms with van der Waals surface area (Å²) in [5.74, 6) is 1.73. The minimum atomic E-state index is 0.146. The molecule has 0 aliphatic carbocycles. The first-order chi connectivity index (χ1) is 13.7. The van der Waals surface area contributed by atoms with Gasteiger partial charge in [-0.15, -0.1) is 0 Å². The summed E-state index contributed by atoms with van der Waals surface area (Å²) in [4.78, 5) is 19.2. The standard InChI is InChI=1S/C24H28N2O2/c1-28-20-8-6-18(7-9-20)10-13-26-14-11-19(12-15-26)16-23-21-4-2-3-5-22(21)24(27)17-25-23/h2-9,19H,10-17H2,1H3. The first-order valence-corrected chi connectivity index (χ1v) is 10.2. The van der Waals surface area contributed by atoms with Crippen LogP contribution in [0.15, 0.2) is 53.5 Å². The highest BCUT2D eigenvalue weighted by Gasteiger charge is 2.25. The number of piperidine rings is 1. The highest BCUT2D eigenvalue weighted by Crippen LogP contribution is 2.26. The predicted octanol–water partition coefficient (Wildman–Crippen LogP) is 4.03. The van der Waals surface area contributed by atoms with Crippen LogP contribution in [0.1, 0.15) is 40.7 Å². The molecule has 0 atom stereocenters. The van der Waals surface area contributed by atoms with E-state index in [2.05, 4.69) is 28.1 Å². The van der Waals surface area contributed by atoms with Crippen molar-refractivity contribution in [3.05, 3.63) is 65.2 Å². The molecule has 0 saturated carbocycles. The number of rotatable bonds is 6. The van der Waals surface area contributed by atoms with Crippen molar-refractivity contribution in [1.82, 2.24) is 4.90 Å². The number of ether oxygens (including phenoxy) is 1. The fourth-order valence-corrected chi connectivity index (χ4v) is 4.26. The summed E-state index contributed by atoms with van der Waals surface area (Å²) >= 11 is 0. The van der Waals surface area contributed by atoms with E-state index in [0.717, 1.165) is 55.1 Å². The Balaban J connectivity index is 1.27. The lowest BCUT2D eigenvalue weighted by Crippen LogP contribution is -2.36. The second-order valence-electron chi connectivity index (χ2n) is 7.82. The largest absolute Gasteiger partial charge is 0.497 e. The van der Waals surface area contributed by atoms with Crippen LogP contribution in [-0.2, 0) is 6.42 Å². The minimum absolute atomic E-state index is 0.146. The molecule has 0 amide bonds. The monoisotopic (exact) mass is 376 g/mol. The lowest BCUT2D eigenvalue weighted by Gasteiger charge is -2.32. The molecule has 0 radical (unpaired) electrons. The quantitative estimate of drug-likeness (QED) is 0.764. The number of benzene rings is 2. The van der Waals surface area contributed by atoms with Gasteiger partial charge in [-0.1, -0.05) is 36.4 Å². The number of fused-ring (bicyclic) bond motifs is 1. The van der Waals surface area contributed by atoms with E-state index in [4.69, 9.17) is 4.74 Å². The summed E-state index contributed by atoms with van der Waals surface area (Å²) in [6.45, 7) is 3.72. The van der Waals surface area contributed by atoms with E-state index in [-0.39, 0.29) is 5.78 Å². The highest BCUT2D eigenvalue weighted by atomic mass is 16.5. The number of likely N-dealkylation sites (tertiary alicyclic amines) is 1. The molecule has 2 aromatic rings.